The molecule has 0 fully saturated rings. The van der Waals surface area contributed by atoms with Crippen molar-refractivity contribution in [1.29, 1.82) is 0 Å². The Morgan fingerprint density at radius 3 is 2.50 bits per heavy atom. The Labute approximate surface area is 93.7 Å². The van der Waals surface area contributed by atoms with Gasteiger partial charge in [0.25, 0.3) is 6.43 Å². The molecule has 1 atom stereocenters. The molecule has 90 valence electrons. The van der Waals surface area contributed by atoms with E-state index in [0.29, 0.717) is 17.7 Å². The van der Waals surface area contributed by atoms with Gasteiger partial charge in [-0.15, -0.1) is 0 Å². The summed E-state index contributed by atoms with van der Waals surface area (Å²) in [5.74, 6) is -0.368. The van der Waals surface area contributed by atoms with Crippen molar-refractivity contribution in [3.63, 3.8) is 0 Å². The second kappa shape index (κ2) is 5.89. The number of benzene rings is 1. The number of hydrogen-bond donors (Lipinski definition) is 1. The van der Waals surface area contributed by atoms with Crippen LogP contribution in [0.3, 0.4) is 0 Å². The molecule has 0 aliphatic heterocycles. The standard InChI is InChI=1S/C12H16F3N/c1-3-6-16-11(12(14)15)9-4-5-10(13)8(2)7-9/h4-5,7,11-12,16H,3,6H2,1-2H3. The van der Waals surface area contributed by atoms with E-state index in [2.05, 4.69) is 5.32 Å². The van der Waals surface area contributed by atoms with Gasteiger partial charge in [0, 0.05) is 0 Å². The maximum absolute atomic E-state index is 13.0. The number of rotatable bonds is 5. The Kier molecular flexibility index (Phi) is 4.80. The first-order valence-corrected chi connectivity index (χ1v) is 5.33. The predicted octanol–water partition coefficient (Wildman–Crippen LogP) is 3.44. The Morgan fingerprint density at radius 1 is 1.31 bits per heavy atom. The first-order chi connectivity index (χ1) is 7.56. The Hall–Kier alpha value is -1.03. The van der Waals surface area contributed by atoms with Crippen LogP contribution in [-0.2, 0) is 0 Å². The highest BCUT2D eigenvalue weighted by Crippen LogP contribution is 2.22. The van der Waals surface area contributed by atoms with Gasteiger partial charge in [-0.2, -0.15) is 0 Å². The molecule has 1 unspecified atom stereocenters. The third-order valence-electron chi connectivity index (χ3n) is 2.41. The summed E-state index contributed by atoms with van der Waals surface area (Å²) in [5.41, 5.74) is 0.823. The lowest BCUT2D eigenvalue weighted by Gasteiger charge is -2.18. The zero-order valence-electron chi connectivity index (χ0n) is 9.43. The quantitative estimate of drug-likeness (QED) is 0.818. The molecule has 1 rings (SSSR count). The van der Waals surface area contributed by atoms with Gasteiger partial charge in [-0.05, 0) is 37.1 Å². The zero-order chi connectivity index (χ0) is 12.1. The number of nitrogens with one attached hydrogen (secondary N) is 1. The fourth-order valence-corrected chi connectivity index (χ4v) is 1.51. The van der Waals surface area contributed by atoms with Crippen LogP contribution in [0.1, 0.15) is 30.5 Å². The van der Waals surface area contributed by atoms with Crippen molar-refractivity contribution in [2.45, 2.75) is 32.7 Å². The molecule has 16 heavy (non-hydrogen) atoms. The minimum atomic E-state index is -2.49. The molecular weight excluding hydrogens is 215 g/mol. The minimum Gasteiger partial charge on any atom is -0.305 e. The van der Waals surface area contributed by atoms with E-state index in [1.165, 1.54) is 18.2 Å². The van der Waals surface area contributed by atoms with Gasteiger partial charge >= 0.3 is 0 Å². The van der Waals surface area contributed by atoms with E-state index in [4.69, 9.17) is 0 Å². The topological polar surface area (TPSA) is 12.0 Å². The average Bonchev–Trinajstić information content (AvgIpc) is 2.23. The molecule has 0 aliphatic carbocycles. The van der Waals surface area contributed by atoms with Gasteiger partial charge in [-0.1, -0.05) is 19.1 Å². The molecule has 0 aromatic heterocycles. The van der Waals surface area contributed by atoms with Crippen LogP contribution in [0.2, 0.25) is 0 Å². The van der Waals surface area contributed by atoms with Crippen LogP contribution in [0.15, 0.2) is 18.2 Å². The smallest absolute Gasteiger partial charge is 0.257 e. The van der Waals surface area contributed by atoms with Crippen LogP contribution in [0, 0.1) is 12.7 Å². The Morgan fingerprint density at radius 2 is 2.00 bits per heavy atom. The van der Waals surface area contributed by atoms with Crippen molar-refractivity contribution in [2.75, 3.05) is 6.54 Å². The van der Waals surface area contributed by atoms with Crippen LogP contribution < -0.4 is 5.32 Å². The van der Waals surface area contributed by atoms with Crippen molar-refractivity contribution in [2.24, 2.45) is 0 Å². The summed E-state index contributed by atoms with van der Waals surface area (Å²) >= 11 is 0. The van der Waals surface area contributed by atoms with Crippen LogP contribution in [0.4, 0.5) is 13.2 Å². The van der Waals surface area contributed by atoms with Crippen molar-refractivity contribution in [3.8, 4) is 0 Å². The number of halogens is 3. The molecule has 0 radical (unpaired) electrons. The number of hydrogen-bond acceptors (Lipinski definition) is 1. The molecule has 1 nitrogen and oxygen atoms in total. The second-order valence-electron chi connectivity index (χ2n) is 3.77. The summed E-state index contributed by atoms with van der Waals surface area (Å²) in [6.07, 6.45) is -1.71. The first-order valence-electron chi connectivity index (χ1n) is 5.33. The molecular formula is C12H16F3N. The van der Waals surface area contributed by atoms with Gasteiger partial charge in [0.2, 0.25) is 0 Å². The van der Waals surface area contributed by atoms with Crippen LogP contribution in [-0.4, -0.2) is 13.0 Å². The van der Waals surface area contributed by atoms with Crippen molar-refractivity contribution in [1.82, 2.24) is 5.32 Å². The molecule has 1 N–H and O–H groups in total. The van der Waals surface area contributed by atoms with Crippen LogP contribution in [0.25, 0.3) is 0 Å². The zero-order valence-corrected chi connectivity index (χ0v) is 9.43. The maximum Gasteiger partial charge on any atom is 0.257 e. The van der Waals surface area contributed by atoms with E-state index in [-0.39, 0.29) is 5.82 Å². The first kappa shape index (κ1) is 13.0. The van der Waals surface area contributed by atoms with E-state index < -0.39 is 12.5 Å². The molecule has 0 bridgehead atoms. The van der Waals surface area contributed by atoms with Crippen molar-refractivity contribution in [3.05, 3.63) is 35.1 Å². The summed E-state index contributed by atoms with van der Waals surface area (Å²) in [4.78, 5) is 0. The molecule has 0 saturated heterocycles. The third-order valence-corrected chi connectivity index (χ3v) is 2.41. The molecule has 0 spiro atoms. The van der Waals surface area contributed by atoms with Gasteiger partial charge in [0.05, 0.1) is 6.04 Å². The molecule has 0 heterocycles. The average molecular weight is 231 g/mol. The van der Waals surface area contributed by atoms with Crippen LogP contribution in [0.5, 0.6) is 0 Å². The molecule has 4 heteroatoms. The SMILES string of the molecule is CCCNC(c1ccc(F)c(C)c1)C(F)F. The monoisotopic (exact) mass is 231 g/mol. The van der Waals surface area contributed by atoms with Gasteiger partial charge in [0.1, 0.15) is 5.82 Å². The highest BCUT2D eigenvalue weighted by molar-refractivity contribution is 5.26. The fraction of sp³-hybridized carbons (Fsp3) is 0.500. The number of aryl methyl sites for hydroxylation is 1. The minimum absolute atomic E-state index is 0.368. The normalized spacial score (nSPS) is 13.1. The molecule has 1 aromatic carbocycles. The third kappa shape index (κ3) is 3.23. The highest BCUT2D eigenvalue weighted by Gasteiger charge is 2.21. The van der Waals surface area contributed by atoms with E-state index in [1.54, 1.807) is 6.92 Å². The lowest BCUT2D eigenvalue weighted by Crippen LogP contribution is -2.28. The van der Waals surface area contributed by atoms with Gasteiger partial charge in [-0.3, -0.25) is 0 Å². The highest BCUT2D eigenvalue weighted by atomic mass is 19.3. The largest absolute Gasteiger partial charge is 0.305 e. The summed E-state index contributed by atoms with van der Waals surface area (Å²) in [6.45, 7) is 4.00. The summed E-state index contributed by atoms with van der Waals surface area (Å²) < 4.78 is 38.6. The van der Waals surface area contributed by atoms with E-state index in [0.717, 1.165) is 6.42 Å². The van der Waals surface area contributed by atoms with Gasteiger partial charge in [0.15, 0.2) is 0 Å². The van der Waals surface area contributed by atoms with Gasteiger partial charge < -0.3 is 5.32 Å². The maximum atomic E-state index is 13.0. The van der Waals surface area contributed by atoms with E-state index >= 15 is 0 Å². The number of alkyl halides is 2. The van der Waals surface area contributed by atoms with Gasteiger partial charge in [-0.25, -0.2) is 13.2 Å². The van der Waals surface area contributed by atoms with Crippen LogP contribution >= 0.6 is 0 Å². The van der Waals surface area contributed by atoms with Crippen molar-refractivity contribution >= 4 is 0 Å². The Balaban J connectivity index is 2.88. The second-order valence-corrected chi connectivity index (χ2v) is 3.77. The summed E-state index contributed by atoms with van der Waals surface area (Å²) in [5, 5.41) is 2.76. The van der Waals surface area contributed by atoms with Crippen molar-refractivity contribution < 1.29 is 13.2 Å². The lowest BCUT2D eigenvalue weighted by molar-refractivity contribution is 0.0984. The summed E-state index contributed by atoms with van der Waals surface area (Å²) in [7, 11) is 0. The molecule has 1 aromatic rings. The van der Waals surface area contributed by atoms with E-state index in [1.807, 2.05) is 6.92 Å². The Bertz CT molecular complexity index is 339. The molecule has 0 aliphatic rings. The molecule has 0 amide bonds. The molecule has 0 saturated carbocycles. The lowest BCUT2D eigenvalue weighted by atomic mass is 10.0. The van der Waals surface area contributed by atoms with E-state index in [9.17, 15) is 13.2 Å². The fourth-order valence-electron chi connectivity index (χ4n) is 1.51. The summed E-state index contributed by atoms with van der Waals surface area (Å²) in [6, 6.07) is 3.09. The predicted molar refractivity (Wildman–Crippen MR) is 58.2 cm³/mol.